The van der Waals surface area contributed by atoms with E-state index in [0.29, 0.717) is 18.6 Å². The summed E-state index contributed by atoms with van der Waals surface area (Å²) in [5, 5.41) is 11.6. The second-order valence-electron chi connectivity index (χ2n) is 6.01. The Balaban J connectivity index is 1.96. The number of aliphatic carboxylic acids is 1. The van der Waals surface area contributed by atoms with Crippen molar-refractivity contribution >= 4 is 11.9 Å². The number of halogens is 3. The van der Waals surface area contributed by atoms with Crippen molar-refractivity contribution in [2.75, 3.05) is 6.61 Å². The molecule has 2 rings (SSSR count). The normalized spacial score (nSPS) is 18.3. The van der Waals surface area contributed by atoms with Gasteiger partial charge in [-0.3, -0.25) is 9.59 Å². The molecular formula is C17H20F3NO5. The van der Waals surface area contributed by atoms with Crippen LogP contribution in [0.15, 0.2) is 24.3 Å². The van der Waals surface area contributed by atoms with E-state index in [1.807, 2.05) is 0 Å². The maximum Gasteiger partial charge on any atom is 0.573 e. The van der Waals surface area contributed by atoms with Gasteiger partial charge in [0.05, 0.1) is 18.6 Å². The predicted molar refractivity (Wildman–Crippen MR) is 84.5 cm³/mol. The van der Waals surface area contributed by atoms with Crippen molar-refractivity contribution in [2.45, 2.75) is 50.6 Å². The maximum absolute atomic E-state index is 12.2. The van der Waals surface area contributed by atoms with Crippen molar-refractivity contribution in [3.05, 3.63) is 29.8 Å². The third kappa shape index (κ3) is 6.91. The van der Waals surface area contributed by atoms with E-state index in [0.717, 1.165) is 25.0 Å². The zero-order valence-electron chi connectivity index (χ0n) is 13.9. The highest BCUT2D eigenvalue weighted by atomic mass is 19.4. The second-order valence-corrected chi connectivity index (χ2v) is 6.01. The average molecular weight is 375 g/mol. The second kappa shape index (κ2) is 8.88. The third-order valence-corrected chi connectivity index (χ3v) is 3.95. The van der Waals surface area contributed by atoms with Crippen LogP contribution in [0.25, 0.3) is 0 Å². The molecule has 1 heterocycles. The van der Waals surface area contributed by atoms with Gasteiger partial charge in [0.25, 0.3) is 0 Å². The molecular weight excluding hydrogens is 355 g/mol. The Hall–Kier alpha value is -2.29. The smallest absolute Gasteiger partial charge is 0.481 e. The number of amides is 1. The molecule has 2 N–H and O–H groups in total. The van der Waals surface area contributed by atoms with Crippen molar-refractivity contribution in [1.29, 1.82) is 0 Å². The van der Waals surface area contributed by atoms with Gasteiger partial charge in [-0.1, -0.05) is 12.1 Å². The molecule has 0 aliphatic carbocycles. The average Bonchev–Trinajstić information content (AvgIpc) is 3.04. The van der Waals surface area contributed by atoms with Crippen LogP contribution in [0.2, 0.25) is 0 Å². The number of benzene rings is 1. The van der Waals surface area contributed by atoms with Gasteiger partial charge >= 0.3 is 12.3 Å². The van der Waals surface area contributed by atoms with Crippen molar-refractivity contribution in [3.63, 3.8) is 0 Å². The Morgan fingerprint density at radius 3 is 2.54 bits per heavy atom. The summed E-state index contributed by atoms with van der Waals surface area (Å²) in [6.07, 6.45) is -2.56. The van der Waals surface area contributed by atoms with E-state index in [1.54, 1.807) is 0 Å². The van der Waals surface area contributed by atoms with Gasteiger partial charge in [0.15, 0.2) is 0 Å². The Bertz CT molecular complexity index is 612. The number of alkyl halides is 3. The largest absolute Gasteiger partial charge is 0.573 e. The summed E-state index contributed by atoms with van der Waals surface area (Å²) in [4.78, 5) is 23.1. The van der Waals surface area contributed by atoms with Gasteiger partial charge < -0.3 is 19.9 Å². The number of carboxylic acid groups (broad SMARTS) is 1. The molecule has 1 aliphatic heterocycles. The van der Waals surface area contributed by atoms with Crippen LogP contribution < -0.4 is 10.1 Å². The first kappa shape index (κ1) is 20.0. The summed E-state index contributed by atoms with van der Waals surface area (Å²) < 4.78 is 45.8. The van der Waals surface area contributed by atoms with Gasteiger partial charge in [-0.2, -0.15) is 0 Å². The van der Waals surface area contributed by atoms with Gasteiger partial charge in [-0.25, -0.2) is 0 Å². The molecule has 9 heteroatoms. The van der Waals surface area contributed by atoms with Crippen molar-refractivity contribution in [2.24, 2.45) is 0 Å². The van der Waals surface area contributed by atoms with E-state index in [4.69, 9.17) is 9.84 Å². The number of ether oxygens (including phenoxy) is 2. The van der Waals surface area contributed by atoms with Gasteiger partial charge in [-0.15, -0.1) is 13.2 Å². The number of carbonyl (C=O) groups is 2. The molecule has 0 saturated carbocycles. The lowest BCUT2D eigenvalue weighted by Crippen LogP contribution is -2.30. The summed E-state index contributed by atoms with van der Waals surface area (Å²) in [7, 11) is 0. The lowest BCUT2D eigenvalue weighted by atomic mass is 10.0. The minimum atomic E-state index is -4.81. The first-order valence-corrected chi connectivity index (χ1v) is 8.21. The van der Waals surface area contributed by atoms with Crippen LogP contribution in [0.5, 0.6) is 5.75 Å². The predicted octanol–water partition coefficient (Wildman–Crippen LogP) is 3.18. The lowest BCUT2D eigenvalue weighted by Gasteiger charge is -2.19. The third-order valence-electron chi connectivity index (χ3n) is 3.95. The molecule has 0 radical (unpaired) electrons. The zero-order valence-corrected chi connectivity index (χ0v) is 13.9. The van der Waals surface area contributed by atoms with Crippen LogP contribution in [0, 0.1) is 0 Å². The topological polar surface area (TPSA) is 84.9 Å². The number of nitrogens with one attached hydrogen (secondary N) is 1. The van der Waals surface area contributed by atoms with E-state index in [-0.39, 0.29) is 24.9 Å². The first-order valence-electron chi connectivity index (χ1n) is 8.21. The van der Waals surface area contributed by atoms with Crippen LogP contribution in [-0.4, -0.2) is 36.1 Å². The minimum absolute atomic E-state index is 0.0393. The molecule has 0 bridgehead atoms. The van der Waals surface area contributed by atoms with Gasteiger partial charge in [0.1, 0.15) is 5.75 Å². The molecule has 2 unspecified atom stereocenters. The van der Waals surface area contributed by atoms with E-state index < -0.39 is 24.1 Å². The molecule has 2 atom stereocenters. The molecule has 1 fully saturated rings. The summed E-state index contributed by atoms with van der Waals surface area (Å²) in [5.41, 5.74) is 0.382. The van der Waals surface area contributed by atoms with Crippen LogP contribution in [0.3, 0.4) is 0 Å². The SMILES string of the molecule is O=C(O)CC(NC(=O)CCC1CCCO1)c1ccc(OC(F)(F)F)cc1. The molecule has 1 saturated heterocycles. The van der Waals surface area contributed by atoms with Crippen LogP contribution in [0.4, 0.5) is 13.2 Å². The van der Waals surface area contributed by atoms with Crippen LogP contribution in [0.1, 0.15) is 43.7 Å². The minimum Gasteiger partial charge on any atom is -0.481 e. The van der Waals surface area contributed by atoms with Gasteiger partial charge in [-0.05, 0) is 37.0 Å². The van der Waals surface area contributed by atoms with E-state index in [1.165, 1.54) is 12.1 Å². The number of rotatable bonds is 8. The molecule has 1 aliphatic rings. The Kier molecular flexibility index (Phi) is 6.84. The monoisotopic (exact) mass is 375 g/mol. The summed E-state index contributed by atoms with van der Waals surface area (Å²) in [6.45, 7) is 0.681. The summed E-state index contributed by atoms with van der Waals surface area (Å²) >= 11 is 0. The molecule has 1 amide bonds. The van der Waals surface area contributed by atoms with E-state index in [9.17, 15) is 22.8 Å². The quantitative estimate of drug-likeness (QED) is 0.729. The molecule has 26 heavy (non-hydrogen) atoms. The molecule has 0 aromatic heterocycles. The van der Waals surface area contributed by atoms with Crippen molar-refractivity contribution < 1.29 is 37.3 Å². The molecule has 1 aromatic rings. The number of carbonyl (C=O) groups excluding carboxylic acids is 1. The highest BCUT2D eigenvalue weighted by Crippen LogP contribution is 2.25. The first-order chi connectivity index (χ1) is 12.2. The number of hydrogen-bond acceptors (Lipinski definition) is 4. The van der Waals surface area contributed by atoms with Crippen molar-refractivity contribution in [3.8, 4) is 5.75 Å². The maximum atomic E-state index is 12.2. The van der Waals surface area contributed by atoms with Crippen LogP contribution in [-0.2, 0) is 14.3 Å². The standard InChI is InChI=1S/C17H20F3NO5/c18-17(19,20)26-13-5-3-11(4-6-13)14(10-16(23)24)21-15(22)8-7-12-2-1-9-25-12/h3-6,12,14H,1-2,7-10H2,(H,21,22)(H,23,24). The van der Waals surface area contributed by atoms with Gasteiger partial charge in [0.2, 0.25) is 5.91 Å². The lowest BCUT2D eigenvalue weighted by molar-refractivity contribution is -0.274. The molecule has 6 nitrogen and oxygen atoms in total. The fraction of sp³-hybridized carbons (Fsp3) is 0.529. The summed E-state index contributed by atoms with van der Waals surface area (Å²) in [6, 6.07) is 3.92. The van der Waals surface area contributed by atoms with E-state index in [2.05, 4.69) is 10.1 Å². The van der Waals surface area contributed by atoms with Crippen molar-refractivity contribution in [1.82, 2.24) is 5.32 Å². The number of carboxylic acids is 1. The molecule has 144 valence electrons. The highest BCUT2D eigenvalue weighted by molar-refractivity contribution is 5.77. The Labute approximate surface area is 148 Å². The number of hydrogen-bond donors (Lipinski definition) is 2. The summed E-state index contributed by atoms with van der Waals surface area (Å²) in [5.74, 6) is -1.88. The Morgan fingerprint density at radius 1 is 1.31 bits per heavy atom. The fourth-order valence-corrected chi connectivity index (χ4v) is 2.76. The zero-order chi connectivity index (χ0) is 19.2. The van der Waals surface area contributed by atoms with Crippen LogP contribution >= 0.6 is 0 Å². The fourth-order valence-electron chi connectivity index (χ4n) is 2.76. The van der Waals surface area contributed by atoms with E-state index >= 15 is 0 Å². The Morgan fingerprint density at radius 2 is 2.00 bits per heavy atom. The molecule has 0 spiro atoms. The molecule has 1 aromatic carbocycles. The highest BCUT2D eigenvalue weighted by Gasteiger charge is 2.31. The van der Waals surface area contributed by atoms with Gasteiger partial charge in [0, 0.05) is 13.0 Å².